The zero-order valence-corrected chi connectivity index (χ0v) is 14.4. The molecule has 24 heavy (non-hydrogen) atoms. The van der Waals surface area contributed by atoms with Crippen LogP contribution in [0.15, 0.2) is 42.5 Å². The van der Waals surface area contributed by atoms with Crippen LogP contribution in [0.4, 0.5) is 11.4 Å². The lowest BCUT2D eigenvalue weighted by molar-refractivity contribution is -0.123. The molecule has 5 nitrogen and oxygen atoms in total. The minimum atomic E-state index is -0.537. The van der Waals surface area contributed by atoms with Gasteiger partial charge < -0.3 is 15.7 Å². The Morgan fingerprint density at radius 2 is 1.75 bits per heavy atom. The molecule has 0 atom stereocenters. The number of amides is 2. The van der Waals surface area contributed by atoms with E-state index in [1.54, 1.807) is 45.0 Å². The summed E-state index contributed by atoms with van der Waals surface area (Å²) in [6, 6.07) is 10.9. The fraction of sp³-hybridized carbons (Fsp3) is 0.222. The van der Waals surface area contributed by atoms with Crippen molar-refractivity contribution < 1.29 is 14.7 Å². The van der Waals surface area contributed by atoms with Crippen LogP contribution in [0.1, 0.15) is 31.1 Å². The number of anilines is 2. The highest BCUT2D eigenvalue weighted by Crippen LogP contribution is 2.27. The predicted molar refractivity (Wildman–Crippen MR) is 95.6 cm³/mol. The van der Waals surface area contributed by atoms with Crippen LogP contribution in [0.2, 0.25) is 5.02 Å². The topological polar surface area (TPSA) is 78.4 Å². The maximum Gasteiger partial charge on any atom is 0.255 e. The zero-order valence-electron chi connectivity index (χ0n) is 13.7. The second kappa shape index (κ2) is 6.93. The van der Waals surface area contributed by atoms with E-state index in [4.69, 9.17) is 11.6 Å². The molecule has 0 spiro atoms. The number of phenols is 1. The van der Waals surface area contributed by atoms with E-state index in [9.17, 15) is 14.7 Å². The summed E-state index contributed by atoms with van der Waals surface area (Å²) in [6.45, 7) is 5.42. The van der Waals surface area contributed by atoms with Crippen molar-refractivity contribution in [3.05, 3.63) is 53.1 Å². The van der Waals surface area contributed by atoms with Gasteiger partial charge in [-0.25, -0.2) is 0 Å². The highest BCUT2D eigenvalue weighted by molar-refractivity contribution is 6.31. The lowest BCUT2D eigenvalue weighted by Gasteiger charge is -2.18. The van der Waals surface area contributed by atoms with E-state index < -0.39 is 11.3 Å². The first-order chi connectivity index (χ1) is 11.2. The maximum absolute atomic E-state index is 12.3. The Balaban J connectivity index is 2.17. The molecular weight excluding hydrogens is 328 g/mol. The average molecular weight is 347 g/mol. The second-order valence-corrected chi connectivity index (χ2v) is 6.84. The number of carbonyl (C=O) groups is 2. The van der Waals surface area contributed by atoms with Gasteiger partial charge >= 0.3 is 0 Å². The number of hydrogen-bond acceptors (Lipinski definition) is 3. The first-order valence-electron chi connectivity index (χ1n) is 7.38. The third-order valence-corrected chi connectivity index (χ3v) is 3.51. The van der Waals surface area contributed by atoms with Crippen molar-refractivity contribution in [2.45, 2.75) is 20.8 Å². The molecule has 0 unspecified atom stereocenters. The third-order valence-electron chi connectivity index (χ3n) is 3.27. The summed E-state index contributed by atoms with van der Waals surface area (Å²) in [6.07, 6.45) is 0. The Labute approximate surface area is 145 Å². The Morgan fingerprint density at radius 1 is 1.04 bits per heavy atom. The number of aromatic hydroxyl groups is 1. The molecule has 6 heteroatoms. The van der Waals surface area contributed by atoms with Crippen LogP contribution >= 0.6 is 11.6 Å². The number of hydrogen-bond donors (Lipinski definition) is 3. The number of nitrogens with one attached hydrogen (secondary N) is 2. The molecule has 126 valence electrons. The molecule has 0 fully saturated rings. The van der Waals surface area contributed by atoms with Crippen LogP contribution in [0.5, 0.6) is 5.75 Å². The minimum Gasteiger partial charge on any atom is -0.506 e. The molecule has 0 aliphatic carbocycles. The van der Waals surface area contributed by atoms with E-state index in [2.05, 4.69) is 10.6 Å². The normalized spacial score (nSPS) is 11.0. The summed E-state index contributed by atoms with van der Waals surface area (Å²) in [5.41, 5.74) is 0.556. The van der Waals surface area contributed by atoms with E-state index in [0.717, 1.165) is 0 Å². The smallest absolute Gasteiger partial charge is 0.255 e. The summed E-state index contributed by atoms with van der Waals surface area (Å²) in [5, 5.41) is 15.5. The van der Waals surface area contributed by atoms with Gasteiger partial charge in [0.2, 0.25) is 5.91 Å². The van der Waals surface area contributed by atoms with Crippen molar-refractivity contribution in [3.63, 3.8) is 0 Å². The number of phenolic OH excluding ortho intramolecular Hbond substituents is 1. The van der Waals surface area contributed by atoms with Crippen molar-refractivity contribution in [1.29, 1.82) is 0 Å². The molecule has 2 aromatic carbocycles. The Kier molecular flexibility index (Phi) is 5.14. The van der Waals surface area contributed by atoms with E-state index >= 15 is 0 Å². The summed E-state index contributed by atoms with van der Waals surface area (Å²) >= 11 is 5.86. The van der Waals surface area contributed by atoms with Gasteiger partial charge in [-0.15, -0.1) is 0 Å². The average Bonchev–Trinajstić information content (AvgIpc) is 2.50. The summed E-state index contributed by atoms with van der Waals surface area (Å²) in [4.78, 5) is 24.4. The predicted octanol–water partition coefficient (Wildman–Crippen LogP) is 4.28. The number of rotatable bonds is 3. The van der Waals surface area contributed by atoms with E-state index in [-0.39, 0.29) is 17.3 Å². The van der Waals surface area contributed by atoms with Gasteiger partial charge in [-0.05, 0) is 36.4 Å². The minimum absolute atomic E-state index is 0.0788. The van der Waals surface area contributed by atoms with Crippen molar-refractivity contribution in [1.82, 2.24) is 0 Å². The number of carbonyl (C=O) groups excluding carboxylic acids is 2. The fourth-order valence-electron chi connectivity index (χ4n) is 1.86. The van der Waals surface area contributed by atoms with Crippen LogP contribution in [0, 0.1) is 5.41 Å². The maximum atomic E-state index is 12.3. The van der Waals surface area contributed by atoms with Crippen LogP contribution in [0.3, 0.4) is 0 Å². The van der Waals surface area contributed by atoms with E-state index in [0.29, 0.717) is 16.3 Å². The molecule has 0 saturated carbocycles. The standard InChI is InChI=1S/C18H19ClN2O3/c1-18(2,3)17(24)20-13-6-4-5-11(9-13)16(23)21-14-10-12(19)7-8-15(14)22/h4-10,22H,1-3H3,(H,20,24)(H,21,23). The molecule has 2 rings (SSSR count). The van der Waals surface area contributed by atoms with E-state index in [1.807, 2.05) is 0 Å². The van der Waals surface area contributed by atoms with Crippen molar-refractivity contribution in [3.8, 4) is 5.75 Å². The molecule has 2 amide bonds. The quantitative estimate of drug-likeness (QED) is 0.726. The van der Waals surface area contributed by atoms with Gasteiger partial charge in [0.25, 0.3) is 5.91 Å². The van der Waals surface area contributed by atoms with Crippen molar-refractivity contribution in [2.75, 3.05) is 10.6 Å². The van der Waals surface area contributed by atoms with Gasteiger partial charge in [0.15, 0.2) is 0 Å². The largest absolute Gasteiger partial charge is 0.506 e. The van der Waals surface area contributed by atoms with Crippen LogP contribution in [0.25, 0.3) is 0 Å². The molecule has 0 radical (unpaired) electrons. The highest BCUT2D eigenvalue weighted by Gasteiger charge is 2.21. The molecule has 0 heterocycles. The zero-order chi connectivity index (χ0) is 17.9. The van der Waals surface area contributed by atoms with Crippen LogP contribution in [-0.4, -0.2) is 16.9 Å². The van der Waals surface area contributed by atoms with Gasteiger partial charge in [0.1, 0.15) is 5.75 Å². The molecule has 0 bridgehead atoms. The first kappa shape index (κ1) is 17.8. The van der Waals surface area contributed by atoms with Gasteiger partial charge in [-0.1, -0.05) is 38.4 Å². The summed E-state index contributed by atoms with van der Waals surface area (Å²) in [7, 11) is 0. The molecule has 2 aromatic rings. The molecule has 0 aromatic heterocycles. The van der Waals surface area contributed by atoms with Crippen molar-refractivity contribution in [2.24, 2.45) is 5.41 Å². The first-order valence-corrected chi connectivity index (χ1v) is 7.76. The molecule has 0 aliphatic heterocycles. The van der Waals surface area contributed by atoms with Gasteiger partial charge in [0.05, 0.1) is 5.69 Å². The van der Waals surface area contributed by atoms with Crippen LogP contribution < -0.4 is 10.6 Å². The molecule has 3 N–H and O–H groups in total. The monoisotopic (exact) mass is 346 g/mol. The highest BCUT2D eigenvalue weighted by atomic mass is 35.5. The summed E-state index contributed by atoms with van der Waals surface area (Å²) < 4.78 is 0. The molecule has 0 saturated heterocycles. The fourth-order valence-corrected chi connectivity index (χ4v) is 2.03. The summed E-state index contributed by atoms with van der Waals surface area (Å²) in [5.74, 6) is -0.642. The van der Waals surface area contributed by atoms with Gasteiger partial charge in [0, 0.05) is 21.7 Å². The Hall–Kier alpha value is -2.53. The van der Waals surface area contributed by atoms with E-state index in [1.165, 1.54) is 18.2 Å². The van der Waals surface area contributed by atoms with Crippen LogP contribution in [-0.2, 0) is 4.79 Å². The Bertz CT molecular complexity index is 782. The van der Waals surface area contributed by atoms with Gasteiger partial charge in [-0.2, -0.15) is 0 Å². The molecule has 0 aliphatic rings. The SMILES string of the molecule is CC(C)(C)C(=O)Nc1cccc(C(=O)Nc2cc(Cl)ccc2O)c1. The molecular formula is C18H19ClN2O3. The Morgan fingerprint density at radius 3 is 2.42 bits per heavy atom. The lowest BCUT2D eigenvalue weighted by Crippen LogP contribution is -2.27. The van der Waals surface area contributed by atoms with Gasteiger partial charge in [-0.3, -0.25) is 9.59 Å². The number of halogens is 1. The third kappa shape index (κ3) is 4.49. The number of benzene rings is 2. The van der Waals surface area contributed by atoms with Crippen molar-refractivity contribution >= 4 is 34.8 Å². The second-order valence-electron chi connectivity index (χ2n) is 6.40. The lowest BCUT2D eigenvalue weighted by atomic mass is 9.95.